The van der Waals surface area contributed by atoms with Crippen molar-refractivity contribution in [2.24, 2.45) is 0 Å². The maximum Gasteiger partial charge on any atom is 0.315 e. The highest BCUT2D eigenvalue weighted by molar-refractivity contribution is 5.73. The van der Waals surface area contributed by atoms with E-state index in [2.05, 4.69) is 15.6 Å². The number of nitrogens with zero attached hydrogens (tertiary/aromatic N) is 1. The number of amides is 2. The van der Waals surface area contributed by atoms with Gasteiger partial charge in [-0.3, -0.25) is 0 Å². The number of nitrogens with one attached hydrogen (secondary N) is 2. The largest absolute Gasteiger partial charge is 0.448 e. The lowest BCUT2D eigenvalue weighted by Crippen LogP contribution is -2.40. The monoisotopic (exact) mass is 289 g/mol. The fourth-order valence-corrected chi connectivity index (χ4v) is 1.89. The van der Waals surface area contributed by atoms with Gasteiger partial charge in [0.05, 0.1) is 12.6 Å². The number of benzene rings is 1. The van der Waals surface area contributed by atoms with Crippen LogP contribution in [0.3, 0.4) is 0 Å². The molecular weight excluding hydrogens is 270 g/mol. The second-order valence-electron chi connectivity index (χ2n) is 4.76. The molecule has 6 heteroatoms. The molecule has 1 atom stereocenters. The maximum atomic E-state index is 11.6. The van der Waals surface area contributed by atoms with Crippen LogP contribution in [0.25, 0.3) is 0 Å². The molecule has 0 saturated heterocycles. The lowest BCUT2D eigenvalue weighted by atomic mass is 10.1. The topological polar surface area (TPSA) is 87.4 Å². The zero-order valence-electron chi connectivity index (χ0n) is 11.9. The van der Waals surface area contributed by atoms with Gasteiger partial charge in [-0.25, -0.2) is 9.78 Å². The Balaban J connectivity index is 1.68. The summed E-state index contributed by atoms with van der Waals surface area (Å²) in [5.41, 5.74) is 1.72. The molecule has 0 fully saturated rings. The third-order valence-electron chi connectivity index (χ3n) is 3.07. The molecule has 0 saturated carbocycles. The van der Waals surface area contributed by atoms with E-state index in [-0.39, 0.29) is 12.6 Å². The lowest BCUT2D eigenvalue weighted by Gasteiger charge is -2.12. The molecule has 0 aliphatic rings. The summed E-state index contributed by atoms with van der Waals surface area (Å²) in [5, 5.41) is 15.2. The van der Waals surface area contributed by atoms with E-state index in [0.717, 1.165) is 5.56 Å². The number of rotatable bonds is 6. The summed E-state index contributed by atoms with van der Waals surface area (Å²) in [7, 11) is 0. The second kappa shape index (κ2) is 7.44. The Hall–Kier alpha value is -2.34. The Morgan fingerprint density at radius 1 is 1.33 bits per heavy atom. The van der Waals surface area contributed by atoms with Crippen LogP contribution in [-0.2, 0) is 13.0 Å². The molecule has 2 amide bonds. The molecule has 1 aromatic heterocycles. The molecule has 112 valence electrons. The van der Waals surface area contributed by atoms with Crippen molar-refractivity contribution in [3.8, 4) is 0 Å². The van der Waals surface area contributed by atoms with Crippen molar-refractivity contribution in [2.75, 3.05) is 6.54 Å². The van der Waals surface area contributed by atoms with Crippen molar-refractivity contribution < 1.29 is 14.3 Å². The lowest BCUT2D eigenvalue weighted by molar-refractivity contribution is 0.170. The van der Waals surface area contributed by atoms with Crippen LogP contribution in [0.15, 0.2) is 41.1 Å². The number of carbonyl (C=O) groups is 1. The van der Waals surface area contributed by atoms with Crippen molar-refractivity contribution in [1.82, 2.24) is 15.6 Å². The minimum absolute atomic E-state index is 0.193. The third kappa shape index (κ3) is 4.92. The van der Waals surface area contributed by atoms with E-state index in [4.69, 9.17) is 4.42 Å². The Morgan fingerprint density at radius 2 is 2.10 bits per heavy atom. The molecule has 0 bridgehead atoms. The summed E-state index contributed by atoms with van der Waals surface area (Å²) >= 11 is 0. The van der Waals surface area contributed by atoms with Crippen molar-refractivity contribution in [3.05, 3.63) is 53.7 Å². The van der Waals surface area contributed by atoms with Crippen LogP contribution in [-0.4, -0.2) is 28.8 Å². The van der Waals surface area contributed by atoms with Crippen molar-refractivity contribution >= 4 is 6.03 Å². The number of aliphatic hydroxyl groups is 1. The first-order valence-electron chi connectivity index (χ1n) is 6.78. The molecule has 6 nitrogen and oxygen atoms in total. The number of hydrogen-bond acceptors (Lipinski definition) is 4. The molecule has 0 aliphatic heterocycles. The fraction of sp³-hybridized carbons (Fsp3) is 0.333. The van der Waals surface area contributed by atoms with Gasteiger partial charge in [0.2, 0.25) is 0 Å². The van der Waals surface area contributed by atoms with E-state index in [1.807, 2.05) is 30.3 Å². The van der Waals surface area contributed by atoms with Gasteiger partial charge >= 0.3 is 6.03 Å². The molecule has 0 spiro atoms. The van der Waals surface area contributed by atoms with Gasteiger partial charge in [-0.05, 0) is 12.5 Å². The van der Waals surface area contributed by atoms with Crippen LogP contribution in [0, 0.1) is 6.92 Å². The number of oxazole rings is 1. The standard InChI is InChI=1S/C15H19N3O3/c1-11-14(18-10-21-11)9-17-15(20)16-8-13(19)7-12-5-3-2-4-6-12/h2-6,10,13,19H,7-9H2,1H3,(H2,16,17,20). The highest BCUT2D eigenvalue weighted by Gasteiger charge is 2.09. The number of urea groups is 1. The SMILES string of the molecule is Cc1ocnc1CNC(=O)NCC(O)Cc1ccccc1. The maximum absolute atomic E-state index is 11.6. The zero-order chi connectivity index (χ0) is 15.1. The van der Waals surface area contributed by atoms with E-state index in [9.17, 15) is 9.90 Å². The predicted molar refractivity (Wildman–Crippen MR) is 77.6 cm³/mol. The van der Waals surface area contributed by atoms with Gasteiger partial charge in [-0.15, -0.1) is 0 Å². The zero-order valence-corrected chi connectivity index (χ0v) is 11.9. The highest BCUT2D eigenvalue weighted by Crippen LogP contribution is 2.04. The first-order chi connectivity index (χ1) is 10.1. The summed E-state index contributed by atoms with van der Waals surface area (Å²) in [6, 6.07) is 9.30. The van der Waals surface area contributed by atoms with Crippen LogP contribution in [0.2, 0.25) is 0 Å². The van der Waals surface area contributed by atoms with E-state index < -0.39 is 6.10 Å². The summed E-state index contributed by atoms with van der Waals surface area (Å²) in [5.74, 6) is 0.680. The number of carbonyl (C=O) groups excluding carboxylic acids is 1. The minimum Gasteiger partial charge on any atom is -0.448 e. The summed E-state index contributed by atoms with van der Waals surface area (Å²) in [6.07, 6.45) is 1.23. The summed E-state index contributed by atoms with van der Waals surface area (Å²) in [6.45, 7) is 2.27. The van der Waals surface area contributed by atoms with Crippen LogP contribution >= 0.6 is 0 Å². The van der Waals surface area contributed by atoms with Crippen molar-refractivity contribution in [2.45, 2.75) is 26.0 Å². The average Bonchev–Trinajstić information content (AvgIpc) is 2.89. The van der Waals surface area contributed by atoms with Gasteiger partial charge < -0.3 is 20.2 Å². The second-order valence-corrected chi connectivity index (χ2v) is 4.76. The Kier molecular flexibility index (Phi) is 5.34. The summed E-state index contributed by atoms with van der Waals surface area (Å²) < 4.78 is 5.04. The molecule has 3 N–H and O–H groups in total. The molecule has 2 rings (SSSR count). The average molecular weight is 289 g/mol. The normalized spacial score (nSPS) is 11.9. The summed E-state index contributed by atoms with van der Waals surface area (Å²) in [4.78, 5) is 15.6. The van der Waals surface area contributed by atoms with Crippen molar-refractivity contribution in [3.63, 3.8) is 0 Å². The van der Waals surface area contributed by atoms with Gasteiger partial charge in [0, 0.05) is 13.0 Å². The minimum atomic E-state index is -0.619. The number of hydrogen-bond donors (Lipinski definition) is 3. The predicted octanol–water partition coefficient (Wildman–Crippen LogP) is 1.39. The third-order valence-corrected chi connectivity index (χ3v) is 3.07. The smallest absolute Gasteiger partial charge is 0.315 e. The van der Waals surface area contributed by atoms with Gasteiger partial charge in [-0.2, -0.15) is 0 Å². The Morgan fingerprint density at radius 3 is 2.76 bits per heavy atom. The fourth-order valence-electron chi connectivity index (χ4n) is 1.89. The van der Waals surface area contributed by atoms with E-state index >= 15 is 0 Å². The highest BCUT2D eigenvalue weighted by atomic mass is 16.3. The molecule has 1 unspecified atom stereocenters. The van der Waals surface area contributed by atoms with Crippen LogP contribution < -0.4 is 10.6 Å². The first-order valence-corrected chi connectivity index (χ1v) is 6.78. The van der Waals surface area contributed by atoms with Gasteiger partial charge in [0.1, 0.15) is 11.5 Å². The van der Waals surface area contributed by atoms with Gasteiger partial charge in [0.15, 0.2) is 6.39 Å². The van der Waals surface area contributed by atoms with E-state index in [1.54, 1.807) is 6.92 Å². The van der Waals surface area contributed by atoms with Crippen molar-refractivity contribution in [1.29, 1.82) is 0 Å². The molecule has 0 radical (unpaired) electrons. The molecule has 2 aromatic rings. The quantitative estimate of drug-likeness (QED) is 0.750. The van der Waals surface area contributed by atoms with E-state index in [1.165, 1.54) is 6.39 Å². The molecule has 21 heavy (non-hydrogen) atoms. The van der Waals surface area contributed by atoms with Gasteiger partial charge in [-0.1, -0.05) is 30.3 Å². The van der Waals surface area contributed by atoms with Crippen LogP contribution in [0.1, 0.15) is 17.0 Å². The Labute approximate surface area is 123 Å². The number of aromatic nitrogens is 1. The number of aryl methyl sites for hydroxylation is 1. The Bertz CT molecular complexity index is 569. The number of aliphatic hydroxyl groups excluding tert-OH is 1. The molecule has 1 aromatic carbocycles. The van der Waals surface area contributed by atoms with Crippen LogP contribution in [0.4, 0.5) is 4.79 Å². The molecular formula is C15H19N3O3. The van der Waals surface area contributed by atoms with Gasteiger partial charge in [0.25, 0.3) is 0 Å². The molecule has 0 aliphatic carbocycles. The van der Waals surface area contributed by atoms with Crippen LogP contribution in [0.5, 0.6) is 0 Å². The first kappa shape index (κ1) is 15.1. The molecule has 1 heterocycles. The van der Waals surface area contributed by atoms with E-state index in [0.29, 0.717) is 24.4 Å².